The number of piperazine rings is 1. The van der Waals surface area contributed by atoms with E-state index in [2.05, 4.69) is 26.8 Å². The highest BCUT2D eigenvalue weighted by Crippen LogP contribution is 2.28. The van der Waals surface area contributed by atoms with Crippen LogP contribution in [0.25, 0.3) is 10.9 Å². The highest BCUT2D eigenvalue weighted by molar-refractivity contribution is 6.30. The smallest absolute Gasteiger partial charge is 0.410 e. The molecule has 174 valence electrons. The number of amides is 1. The lowest BCUT2D eigenvalue weighted by molar-refractivity contribution is 0.0240. The third-order valence-electron chi connectivity index (χ3n) is 5.81. The largest absolute Gasteiger partial charge is 0.462 e. The molecule has 2 aromatic heterocycles. The Morgan fingerprint density at radius 1 is 1.19 bits per heavy atom. The molecular weight excluding hydrogens is 432 g/mol. The summed E-state index contributed by atoms with van der Waals surface area (Å²) in [6, 6.07) is 2.44. The second kappa shape index (κ2) is 9.23. The molecule has 1 amide bonds. The summed E-state index contributed by atoms with van der Waals surface area (Å²) in [6.45, 7) is 9.59. The Morgan fingerprint density at radius 2 is 1.94 bits per heavy atom. The molecule has 0 aromatic carbocycles. The van der Waals surface area contributed by atoms with Gasteiger partial charge in [0, 0.05) is 44.5 Å². The summed E-state index contributed by atoms with van der Waals surface area (Å²) in [7, 11) is 2.11. The standard InChI is InChI=1S/C22H31ClN6O3/c1-22(2,3)32-21(30)29-10-8-28(9-11-29)19-16-13-24-18(23)12-17(16)25-20(26-19)31-14-15-6-5-7-27(15)4/h12-13,15H,5-11,14H2,1-4H3/t15-/m0/s1. The topological polar surface area (TPSA) is 83.9 Å². The maximum absolute atomic E-state index is 12.4. The second-order valence-electron chi connectivity index (χ2n) is 9.40. The number of halogens is 1. The Kier molecular flexibility index (Phi) is 6.57. The van der Waals surface area contributed by atoms with Gasteiger partial charge >= 0.3 is 12.1 Å². The van der Waals surface area contributed by atoms with Crippen LogP contribution in [0.15, 0.2) is 12.3 Å². The summed E-state index contributed by atoms with van der Waals surface area (Å²) in [5.41, 5.74) is 0.182. The molecule has 4 heterocycles. The van der Waals surface area contributed by atoms with Crippen molar-refractivity contribution in [2.75, 3.05) is 51.3 Å². The molecule has 0 radical (unpaired) electrons. The molecular formula is C22H31ClN6O3. The van der Waals surface area contributed by atoms with Crippen molar-refractivity contribution < 1.29 is 14.3 Å². The molecule has 2 aliphatic heterocycles. The molecule has 2 saturated heterocycles. The van der Waals surface area contributed by atoms with E-state index in [1.54, 1.807) is 17.2 Å². The Morgan fingerprint density at radius 3 is 2.59 bits per heavy atom. The first-order valence-electron chi connectivity index (χ1n) is 11.1. The van der Waals surface area contributed by atoms with Crippen molar-refractivity contribution in [3.05, 3.63) is 17.4 Å². The van der Waals surface area contributed by atoms with Crippen LogP contribution in [0.2, 0.25) is 5.15 Å². The van der Waals surface area contributed by atoms with Crippen molar-refractivity contribution in [1.29, 1.82) is 0 Å². The van der Waals surface area contributed by atoms with E-state index in [1.807, 2.05) is 20.8 Å². The summed E-state index contributed by atoms with van der Waals surface area (Å²) < 4.78 is 11.5. The number of likely N-dealkylation sites (N-methyl/N-ethyl adjacent to an activating group) is 1. The molecule has 0 aliphatic carbocycles. The molecule has 32 heavy (non-hydrogen) atoms. The van der Waals surface area contributed by atoms with Gasteiger partial charge in [0.1, 0.15) is 23.2 Å². The number of fused-ring (bicyclic) bond motifs is 1. The van der Waals surface area contributed by atoms with Crippen LogP contribution in [-0.4, -0.2) is 88.9 Å². The summed E-state index contributed by atoms with van der Waals surface area (Å²) in [5, 5.41) is 1.18. The molecule has 10 heteroatoms. The molecule has 2 aliphatic rings. The minimum absolute atomic E-state index is 0.289. The van der Waals surface area contributed by atoms with Crippen LogP contribution in [0.4, 0.5) is 10.6 Å². The molecule has 2 fully saturated rings. The molecule has 0 unspecified atom stereocenters. The molecule has 0 N–H and O–H groups in total. The van der Waals surface area contributed by atoms with Crippen molar-refractivity contribution in [3.8, 4) is 6.01 Å². The first-order valence-corrected chi connectivity index (χ1v) is 11.5. The Labute approximate surface area is 193 Å². The van der Waals surface area contributed by atoms with E-state index in [1.165, 1.54) is 6.42 Å². The number of ether oxygens (including phenoxy) is 2. The monoisotopic (exact) mass is 462 g/mol. The number of carbonyl (C=O) groups excluding carboxylic acids is 1. The van der Waals surface area contributed by atoms with E-state index in [4.69, 9.17) is 26.1 Å². The molecule has 2 aromatic rings. The third kappa shape index (κ3) is 5.32. The van der Waals surface area contributed by atoms with Gasteiger partial charge in [0.25, 0.3) is 0 Å². The lowest BCUT2D eigenvalue weighted by atomic mass is 10.2. The summed E-state index contributed by atoms with van der Waals surface area (Å²) in [4.78, 5) is 32.1. The molecule has 0 bridgehead atoms. The highest BCUT2D eigenvalue weighted by Gasteiger charge is 2.28. The van der Waals surface area contributed by atoms with Gasteiger partial charge in [-0.25, -0.2) is 9.78 Å². The fourth-order valence-electron chi connectivity index (χ4n) is 4.06. The zero-order valence-corrected chi connectivity index (χ0v) is 19.9. The van der Waals surface area contributed by atoms with Crippen molar-refractivity contribution in [1.82, 2.24) is 24.8 Å². The van der Waals surface area contributed by atoms with Gasteiger partial charge in [-0.1, -0.05) is 11.6 Å². The van der Waals surface area contributed by atoms with Crippen molar-refractivity contribution in [2.45, 2.75) is 45.3 Å². The Bertz CT molecular complexity index is 974. The second-order valence-corrected chi connectivity index (χ2v) is 9.78. The average Bonchev–Trinajstić information content (AvgIpc) is 3.15. The van der Waals surface area contributed by atoms with Crippen LogP contribution >= 0.6 is 11.6 Å². The number of aromatic nitrogens is 3. The van der Waals surface area contributed by atoms with E-state index in [0.29, 0.717) is 55.5 Å². The lowest BCUT2D eigenvalue weighted by Crippen LogP contribution is -2.50. The van der Waals surface area contributed by atoms with E-state index >= 15 is 0 Å². The predicted octanol–water partition coefficient (Wildman–Crippen LogP) is 3.21. The number of hydrogen-bond acceptors (Lipinski definition) is 8. The molecule has 4 rings (SSSR count). The SMILES string of the molecule is CN1CCC[C@H]1COc1nc(N2CCN(C(=O)OC(C)(C)C)CC2)c2cnc(Cl)cc2n1. The molecule has 1 atom stereocenters. The van der Waals surface area contributed by atoms with Gasteiger partial charge in [-0.15, -0.1) is 0 Å². The fraction of sp³-hybridized carbons (Fsp3) is 0.636. The van der Waals surface area contributed by atoms with E-state index in [0.717, 1.165) is 24.2 Å². The minimum atomic E-state index is -0.512. The minimum Gasteiger partial charge on any atom is -0.462 e. The highest BCUT2D eigenvalue weighted by atomic mass is 35.5. The van der Waals surface area contributed by atoms with E-state index in [-0.39, 0.29) is 6.09 Å². The van der Waals surface area contributed by atoms with Crippen LogP contribution in [0.1, 0.15) is 33.6 Å². The summed E-state index contributed by atoms with van der Waals surface area (Å²) >= 11 is 6.12. The van der Waals surface area contributed by atoms with E-state index < -0.39 is 5.60 Å². The summed E-state index contributed by atoms with van der Waals surface area (Å²) in [5.74, 6) is 0.748. The molecule has 0 spiro atoms. The van der Waals surface area contributed by atoms with Crippen molar-refractivity contribution >= 4 is 34.4 Å². The number of nitrogens with zero attached hydrogens (tertiary/aromatic N) is 6. The fourth-order valence-corrected chi connectivity index (χ4v) is 4.21. The Balaban J connectivity index is 1.51. The van der Waals surface area contributed by atoms with Gasteiger partial charge in [0.15, 0.2) is 0 Å². The van der Waals surface area contributed by atoms with Gasteiger partial charge in [-0.3, -0.25) is 0 Å². The first-order chi connectivity index (χ1) is 15.2. The number of hydrogen-bond donors (Lipinski definition) is 0. The number of anilines is 1. The van der Waals surface area contributed by atoms with Crippen LogP contribution in [0.3, 0.4) is 0 Å². The van der Waals surface area contributed by atoms with Gasteiger partial charge in [0.05, 0.1) is 10.9 Å². The van der Waals surface area contributed by atoms with Crippen LogP contribution in [-0.2, 0) is 4.74 Å². The predicted molar refractivity (Wildman–Crippen MR) is 124 cm³/mol. The van der Waals surface area contributed by atoms with Gasteiger partial charge in [0.2, 0.25) is 0 Å². The van der Waals surface area contributed by atoms with Gasteiger partial charge < -0.3 is 24.2 Å². The quantitative estimate of drug-likeness (QED) is 0.640. The third-order valence-corrected chi connectivity index (χ3v) is 6.02. The zero-order chi connectivity index (χ0) is 22.9. The zero-order valence-electron chi connectivity index (χ0n) is 19.2. The Hall–Kier alpha value is -2.39. The number of rotatable bonds is 4. The first kappa shape index (κ1) is 22.8. The number of pyridine rings is 1. The summed E-state index contributed by atoms with van der Waals surface area (Å²) in [6.07, 6.45) is 3.70. The molecule has 9 nitrogen and oxygen atoms in total. The van der Waals surface area contributed by atoms with Crippen molar-refractivity contribution in [2.24, 2.45) is 0 Å². The number of likely N-dealkylation sites (tertiary alicyclic amines) is 1. The number of carbonyl (C=O) groups is 1. The van der Waals surface area contributed by atoms with Crippen LogP contribution < -0.4 is 9.64 Å². The normalized spacial score (nSPS) is 20.1. The lowest BCUT2D eigenvalue weighted by Gasteiger charge is -2.36. The van der Waals surface area contributed by atoms with Gasteiger partial charge in [-0.2, -0.15) is 9.97 Å². The van der Waals surface area contributed by atoms with Crippen LogP contribution in [0.5, 0.6) is 6.01 Å². The van der Waals surface area contributed by atoms with Crippen molar-refractivity contribution in [3.63, 3.8) is 0 Å². The average molecular weight is 463 g/mol. The molecule has 0 saturated carbocycles. The van der Waals surface area contributed by atoms with Gasteiger partial charge in [-0.05, 0) is 47.2 Å². The van der Waals surface area contributed by atoms with E-state index in [9.17, 15) is 4.79 Å². The van der Waals surface area contributed by atoms with Crippen LogP contribution in [0, 0.1) is 0 Å². The maximum atomic E-state index is 12.4. The maximum Gasteiger partial charge on any atom is 0.410 e.